The standard InChI is InChI=1S/C77H150O17P2/c1-8-9-10-41-51-58-74(79)87-64-72(93-76(81)60-54-47-40-34-28-22-21-25-31-37-44-50-57-70(6)7)66-91-95(83,84)89-62-71(78)63-90-96(85,86)92-67-73(94-77(82)61-53-46-39-33-27-20-16-12-14-18-24-30-36-43-49-56-69(4)5)65-88-75(80)59-52-45-38-32-26-19-15-11-13-17-23-29-35-42-48-55-68(2)3/h68-73,78H,8-67H2,1-7H3,(H,83,84)(H,85,86)/t71-,72+,73+/m0/s1. The van der Waals surface area contributed by atoms with Crippen LogP contribution in [0.2, 0.25) is 0 Å². The third-order valence-electron chi connectivity index (χ3n) is 17.9. The van der Waals surface area contributed by atoms with Crippen molar-refractivity contribution in [1.29, 1.82) is 0 Å². The van der Waals surface area contributed by atoms with Gasteiger partial charge in [-0.1, -0.05) is 344 Å². The summed E-state index contributed by atoms with van der Waals surface area (Å²) in [5, 5.41) is 10.6. The van der Waals surface area contributed by atoms with E-state index in [1.165, 1.54) is 199 Å². The lowest BCUT2D eigenvalue weighted by atomic mass is 10.0. The number of rotatable bonds is 75. The van der Waals surface area contributed by atoms with Gasteiger partial charge in [-0.05, 0) is 43.4 Å². The fourth-order valence-electron chi connectivity index (χ4n) is 11.8. The molecule has 0 fully saturated rings. The van der Waals surface area contributed by atoms with Crippen molar-refractivity contribution >= 4 is 39.5 Å². The Balaban J connectivity index is 5.14. The van der Waals surface area contributed by atoms with Gasteiger partial charge in [0.1, 0.15) is 19.3 Å². The molecular weight excluding hydrogens is 1260 g/mol. The van der Waals surface area contributed by atoms with Crippen molar-refractivity contribution in [3.8, 4) is 0 Å². The summed E-state index contributed by atoms with van der Waals surface area (Å²) in [5.74, 6) is 0.259. The first-order chi connectivity index (χ1) is 46.2. The number of esters is 4. The first-order valence-corrected chi connectivity index (χ1v) is 42.8. The van der Waals surface area contributed by atoms with Gasteiger partial charge in [0.25, 0.3) is 0 Å². The van der Waals surface area contributed by atoms with Gasteiger partial charge in [0.05, 0.1) is 26.4 Å². The molecular formula is C77H150O17P2. The summed E-state index contributed by atoms with van der Waals surface area (Å²) in [5.41, 5.74) is 0. The van der Waals surface area contributed by atoms with Gasteiger partial charge >= 0.3 is 39.5 Å². The zero-order chi connectivity index (χ0) is 70.9. The van der Waals surface area contributed by atoms with E-state index in [4.69, 9.17) is 37.0 Å². The first-order valence-electron chi connectivity index (χ1n) is 39.8. The summed E-state index contributed by atoms with van der Waals surface area (Å²) in [4.78, 5) is 72.6. The highest BCUT2D eigenvalue weighted by Gasteiger charge is 2.30. The summed E-state index contributed by atoms with van der Waals surface area (Å²) in [7, 11) is -9.90. The van der Waals surface area contributed by atoms with Crippen molar-refractivity contribution in [1.82, 2.24) is 0 Å². The molecule has 2 unspecified atom stereocenters. The molecule has 0 bridgehead atoms. The van der Waals surface area contributed by atoms with Gasteiger partial charge in [0.2, 0.25) is 0 Å². The van der Waals surface area contributed by atoms with Gasteiger partial charge in [0.15, 0.2) is 12.2 Å². The van der Waals surface area contributed by atoms with Crippen molar-refractivity contribution < 1.29 is 80.2 Å². The van der Waals surface area contributed by atoms with E-state index in [9.17, 15) is 43.2 Å². The third-order valence-corrected chi connectivity index (χ3v) is 19.8. The monoisotopic (exact) mass is 1410 g/mol. The van der Waals surface area contributed by atoms with E-state index < -0.39 is 97.5 Å². The lowest BCUT2D eigenvalue weighted by Gasteiger charge is -2.21. The Morgan fingerprint density at radius 3 is 0.708 bits per heavy atom. The van der Waals surface area contributed by atoms with E-state index in [1.807, 2.05) is 0 Å². The molecule has 17 nitrogen and oxygen atoms in total. The Morgan fingerprint density at radius 2 is 0.479 bits per heavy atom. The van der Waals surface area contributed by atoms with E-state index in [0.717, 1.165) is 114 Å². The lowest BCUT2D eigenvalue weighted by molar-refractivity contribution is -0.161. The number of phosphoric ester groups is 2. The van der Waals surface area contributed by atoms with Crippen molar-refractivity contribution in [2.45, 2.75) is 414 Å². The highest BCUT2D eigenvalue weighted by Crippen LogP contribution is 2.45. The van der Waals surface area contributed by atoms with Gasteiger partial charge in [0, 0.05) is 25.7 Å². The van der Waals surface area contributed by atoms with Gasteiger partial charge in [-0.3, -0.25) is 37.3 Å². The van der Waals surface area contributed by atoms with E-state index in [-0.39, 0.29) is 25.7 Å². The number of ether oxygens (including phenoxy) is 4. The maximum Gasteiger partial charge on any atom is 0.472 e. The van der Waals surface area contributed by atoms with E-state index in [1.54, 1.807) is 0 Å². The second-order valence-electron chi connectivity index (χ2n) is 29.2. The minimum absolute atomic E-state index is 0.106. The van der Waals surface area contributed by atoms with Crippen LogP contribution < -0.4 is 0 Å². The largest absolute Gasteiger partial charge is 0.472 e. The number of carbonyl (C=O) groups is 4. The normalized spacial score (nSPS) is 14.1. The van der Waals surface area contributed by atoms with Crippen LogP contribution >= 0.6 is 15.6 Å². The number of aliphatic hydroxyl groups excluding tert-OH is 1. The molecule has 0 heterocycles. The van der Waals surface area contributed by atoms with Crippen LogP contribution in [0, 0.1) is 17.8 Å². The fraction of sp³-hybridized carbons (Fsp3) is 0.948. The van der Waals surface area contributed by atoms with Crippen molar-refractivity contribution in [3.63, 3.8) is 0 Å². The quantitative estimate of drug-likeness (QED) is 0.0222. The molecule has 0 aliphatic rings. The number of phosphoric acid groups is 2. The van der Waals surface area contributed by atoms with Crippen LogP contribution in [0.4, 0.5) is 0 Å². The average molecular weight is 1410 g/mol. The molecule has 0 rings (SSSR count). The highest BCUT2D eigenvalue weighted by molar-refractivity contribution is 7.47. The van der Waals surface area contributed by atoms with E-state index in [2.05, 4.69) is 48.5 Å². The first kappa shape index (κ1) is 94.1. The predicted octanol–water partition coefficient (Wildman–Crippen LogP) is 22.6. The molecule has 0 spiro atoms. The van der Waals surface area contributed by atoms with Crippen LogP contribution in [0.25, 0.3) is 0 Å². The summed E-state index contributed by atoms with van der Waals surface area (Å²) in [6, 6.07) is 0. The molecule has 0 aliphatic heterocycles. The Kier molecular flexibility index (Phi) is 66.2. The number of aliphatic hydroxyl groups is 1. The van der Waals surface area contributed by atoms with Gasteiger partial charge < -0.3 is 33.8 Å². The second kappa shape index (κ2) is 67.5. The van der Waals surface area contributed by atoms with Crippen LogP contribution in [0.1, 0.15) is 395 Å². The summed E-state index contributed by atoms with van der Waals surface area (Å²) >= 11 is 0. The molecule has 0 aliphatic carbocycles. The highest BCUT2D eigenvalue weighted by atomic mass is 31.2. The molecule has 0 amide bonds. The molecule has 0 saturated heterocycles. The zero-order valence-corrected chi connectivity index (χ0v) is 64.6. The Morgan fingerprint density at radius 1 is 0.281 bits per heavy atom. The van der Waals surface area contributed by atoms with Crippen molar-refractivity contribution in [3.05, 3.63) is 0 Å². The molecule has 0 aromatic rings. The maximum absolute atomic E-state index is 13.1. The number of hydrogen-bond acceptors (Lipinski definition) is 15. The summed E-state index contributed by atoms with van der Waals surface area (Å²) in [6.45, 7) is 11.9. The second-order valence-corrected chi connectivity index (χ2v) is 32.1. The lowest BCUT2D eigenvalue weighted by Crippen LogP contribution is -2.30. The van der Waals surface area contributed by atoms with E-state index >= 15 is 0 Å². The third kappa shape index (κ3) is 70.5. The van der Waals surface area contributed by atoms with Crippen molar-refractivity contribution in [2.75, 3.05) is 39.6 Å². The number of hydrogen-bond donors (Lipinski definition) is 3. The van der Waals surface area contributed by atoms with Gasteiger partial charge in [-0.15, -0.1) is 0 Å². The summed E-state index contributed by atoms with van der Waals surface area (Å²) < 4.78 is 68.4. The molecule has 3 N–H and O–H groups in total. The van der Waals surface area contributed by atoms with E-state index in [0.29, 0.717) is 25.7 Å². The minimum atomic E-state index is -4.96. The van der Waals surface area contributed by atoms with Gasteiger partial charge in [-0.25, -0.2) is 9.13 Å². The molecule has 0 aromatic heterocycles. The average Bonchev–Trinajstić information content (AvgIpc) is 1.09. The molecule has 96 heavy (non-hydrogen) atoms. The Bertz CT molecular complexity index is 1870. The SMILES string of the molecule is CCCCCCCC(=O)OC[C@H](COP(=O)(O)OC[C@H](O)COP(=O)(O)OC[C@@H](COC(=O)CCCCCCCCCCCCCCCCCC(C)C)OC(=O)CCCCCCCCCCCCCCCCCC(C)C)OC(=O)CCCCCCCCCCCCCCC(C)C. The molecule has 570 valence electrons. The van der Waals surface area contributed by atoms with Crippen LogP contribution in [-0.2, 0) is 65.4 Å². The van der Waals surface area contributed by atoms with Gasteiger partial charge in [-0.2, -0.15) is 0 Å². The topological polar surface area (TPSA) is 237 Å². The smallest absolute Gasteiger partial charge is 0.462 e. The number of unbranched alkanes of at least 4 members (excludes halogenated alkanes) is 43. The number of carbonyl (C=O) groups excluding carboxylic acids is 4. The van der Waals surface area contributed by atoms with Crippen LogP contribution in [0.5, 0.6) is 0 Å². The predicted molar refractivity (Wildman–Crippen MR) is 391 cm³/mol. The maximum atomic E-state index is 13.1. The van der Waals surface area contributed by atoms with Crippen LogP contribution in [0.3, 0.4) is 0 Å². The van der Waals surface area contributed by atoms with Crippen LogP contribution in [-0.4, -0.2) is 96.7 Å². The minimum Gasteiger partial charge on any atom is -0.462 e. The summed E-state index contributed by atoms with van der Waals surface area (Å²) in [6.07, 6.45) is 54.5. The van der Waals surface area contributed by atoms with Crippen molar-refractivity contribution in [2.24, 2.45) is 17.8 Å². The fourth-order valence-corrected chi connectivity index (χ4v) is 13.4. The molecule has 5 atom stereocenters. The molecule has 0 radical (unpaired) electrons. The molecule has 19 heteroatoms. The van der Waals surface area contributed by atoms with Crippen LogP contribution in [0.15, 0.2) is 0 Å². The Labute approximate surface area is 588 Å². The molecule has 0 aromatic carbocycles. The zero-order valence-electron chi connectivity index (χ0n) is 62.8. The molecule has 0 saturated carbocycles. The Hall–Kier alpha value is -1.94.